The van der Waals surface area contributed by atoms with Crippen LogP contribution in [0.15, 0.2) is 60.2 Å². The van der Waals surface area contributed by atoms with Gasteiger partial charge in [0.25, 0.3) is 11.6 Å². The summed E-state index contributed by atoms with van der Waals surface area (Å²) in [6.45, 7) is 6.75. The highest BCUT2D eigenvalue weighted by molar-refractivity contribution is 6.46. The van der Waals surface area contributed by atoms with Gasteiger partial charge in [-0.25, -0.2) is 0 Å². The largest absolute Gasteiger partial charge is 0.872 e. The maximum absolute atomic E-state index is 13.2. The molecule has 0 aromatic heterocycles. The van der Waals surface area contributed by atoms with Crippen LogP contribution >= 0.6 is 0 Å². The zero-order chi connectivity index (χ0) is 22.5. The molecule has 8 nitrogen and oxygen atoms in total. The predicted octanol–water partition coefficient (Wildman–Crippen LogP) is 0.744. The lowest BCUT2D eigenvalue weighted by atomic mass is 9.95. The molecule has 0 aliphatic carbocycles. The first kappa shape index (κ1) is 22.2. The van der Waals surface area contributed by atoms with Crippen LogP contribution < -0.4 is 10.0 Å². The predicted molar refractivity (Wildman–Crippen MR) is 113 cm³/mol. The number of benzene rings is 2. The zero-order valence-corrected chi connectivity index (χ0v) is 17.5. The van der Waals surface area contributed by atoms with E-state index in [0.717, 1.165) is 13.1 Å². The third-order valence-electron chi connectivity index (χ3n) is 5.69. The highest BCUT2D eigenvalue weighted by Crippen LogP contribution is 2.38. The van der Waals surface area contributed by atoms with E-state index in [2.05, 4.69) is 0 Å². The van der Waals surface area contributed by atoms with Crippen LogP contribution in [0.4, 0.5) is 5.69 Å². The van der Waals surface area contributed by atoms with Gasteiger partial charge in [0.05, 0.1) is 37.1 Å². The number of Topliss-reactive ketones (excluding diaryl/α,β-unsaturated/α-hetero) is 1. The molecule has 0 saturated carbocycles. The van der Waals surface area contributed by atoms with Crippen molar-refractivity contribution in [2.24, 2.45) is 0 Å². The molecule has 1 N–H and O–H groups in total. The van der Waals surface area contributed by atoms with E-state index in [1.807, 2.05) is 13.8 Å². The lowest BCUT2D eigenvalue weighted by molar-refractivity contribution is -0.895. The number of nitrogens with one attached hydrogen (secondary N) is 1. The summed E-state index contributed by atoms with van der Waals surface area (Å²) in [5.74, 6) is -2.03. The number of nitrogens with zero attached hydrogens (tertiary/aromatic N) is 2. The summed E-state index contributed by atoms with van der Waals surface area (Å²) < 4.78 is 0. The standard InChI is InChI=1S/C23H25N3O5/c1-3-24(4-2)14-15-25-20(16-10-12-18(13-11-16)26(30)31)19(22(28)23(25)29)21(27)17-8-6-5-7-9-17/h5-13,20,27H,3-4,14-15H2,1-2H3/b21-19-. The molecule has 31 heavy (non-hydrogen) atoms. The van der Waals surface area contributed by atoms with E-state index in [-0.39, 0.29) is 11.3 Å². The average Bonchev–Trinajstić information content (AvgIpc) is 3.04. The van der Waals surface area contributed by atoms with Crippen LogP contribution in [0.5, 0.6) is 0 Å². The number of ketones is 1. The molecule has 1 fully saturated rings. The summed E-state index contributed by atoms with van der Waals surface area (Å²) >= 11 is 0. The molecule has 0 bridgehead atoms. The fraction of sp³-hybridized carbons (Fsp3) is 0.304. The lowest BCUT2D eigenvalue weighted by Gasteiger charge is -2.28. The monoisotopic (exact) mass is 423 g/mol. The molecule has 0 spiro atoms. The van der Waals surface area contributed by atoms with Crippen molar-refractivity contribution in [2.45, 2.75) is 19.9 Å². The van der Waals surface area contributed by atoms with Crippen LogP contribution in [0, 0.1) is 10.1 Å². The summed E-state index contributed by atoms with van der Waals surface area (Å²) in [7, 11) is 0. The number of carbonyl (C=O) groups excluding carboxylic acids is 2. The summed E-state index contributed by atoms with van der Waals surface area (Å²) in [5.41, 5.74) is 0.606. The number of carbonyl (C=O) groups is 2. The summed E-state index contributed by atoms with van der Waals surface area (Å²) in [4.78, 5) is 39.0. The first-order valence-electron chi connectivity index (χ1n) is 10.3. The zero-order valence-electron chi connectivity index (χ0n) is 17.5. The van der Waals surface area contributed by atoms with Gasteiger partial charge in [-0.1, -0.05) is 36.1 Å². The van der Waals surface area contributed by atoms with Gasteiger partial charge < -0.3 is 14.9 Å². The van der Waals surface area contributed by atoms with Crippen LogP contribution in [0.1, 0.15) is 31.0 Å². The highest BCUT2D eigenvalue weighted by Gasteiger charge is 2.44. The van der Waals surface area contributed by atoms with Crippen molar-refractivity contribution < 1.29 is 24.5 Å². The number of likely N-dealkylation sites (N-methyl/N-ethyl adjacent to an activating group) is 1. The SMILES string of the molecule is CC[NH+](CC)CCN1C(=O)C(=O)/C(=C(\[O-])c2ccccc2)C1c1ccc([N+](=O)[O-])cc1. The highest BCUT2D eigenvalue weighted by atomic mass is 16.6. The Balaban J connectivity index is 2.09. The first-order valence-corrected chi connectivity index (χ1v) is 10.3. The van der Waals surface area contributed by atoms with Crippen LogP contribution in [0.3, 0.4) is 0 Å². The van der Waals surface area contributed by atoms with E-state index in [9.17, 15) is 24.8 Å². The number of quaternary nitrogens is 1. The molecule has 8 heteroatoms. The second-order valence-corrected chi connectivity index (χ2v) is 7.39. The molecule has 1 saturated heterocycles. The van der Waals surface area contributed by atoms with Crippen molar-refractivity contribution in [3.8, 4) is 0 Å². The van der Waals surface area contributed by atoms with E-state index in [4.69, 9.17) is 0 Å². The van der Waals surface area contributed by atoms with Gasteiger partial charge in [-0.3, -0.25) is 19.7 Å². The van der Waals surface area contributed by atoms with Gasteiger partial charge in [0, 0.05) is 17.7 Å². The molecule has 1 unspecified atom stereocenters. The van der Waals surface area contributed by atoms with E-state index in [1.165, 1.54) is 34.1 Å². The number of hydrogen-bond acceptors (Lipinski definition) is 5. The van der Waals surface area contributed by atoms with Gasteiger partial charge in [-0.15, -0.1) is 0 Å². The maximum atomic E-state index is 13.2. The van der Waals surface area contributed by atoms with Gasteiger partial charge in [-0.2, -0.15) is 0 Å². The fourth-order valence-corrected chi connectivity index (χ4v) is 3.85. The van der Waals surface area contributed by atoms with Crippen molar-refractivity contribution in [1.29, 1.82) is 0 Å². The molecule has 162 valence electrons. The van der Waals surface area contributed by atoms with Gasteiger partial charge in [-0.05, 0) is 37.1 Å². The van der Waals surface area contributed by atoms with Crippen LogP contribution in [-0.4, -0.2) is 47.7 Å². The number of nitro benzene ring substituents is 1. The van der Waals surface area contributed by atoms with Gasteiger partial charge in [0.2, 0.25) is 5.78 Å². The number of non-ortho nitro benzene ring substituents is 1. The minimum atomic E-state index is -0.872. The summed E-state index contributed by atoms with van der Waals surface area (Å²) in [6, 6.07) is 13.1. The molecule has 1 aliphatic heterocycles. The Hall–Kier alpha value is -3.52. The van der Waals surface area contributed by atoms with Gasteiger partial charge >= 0.3 is 0 Å². The number of likely N-dealkylation sites (tertiary alicyclic amines) is 1. The second kappa shape index (κ2) is 9.53. The second-order valence-electron chi connectivity index (χ2n) is 7.39. The Morgan fingerprint density at radius 2 is 1.65 bits per heavy atom. The average molecular weight is 423 g/mol. The number of nitro groups is 1. The topological polar surface area (TPSA) is 108 Å². The third kappa shape index (κ3) is 4.49. The Bertz CT molecular complexity index is 998. The molecule has 1 atom stereocenters. The number of rotatable bonds is 8. The van der Waals surface area contributed by atoms with Crippen LogP contribution in [0.2, 0.25) is 0 Å². The number of amides is 1. The smallest absolute Gasteiger partial charge is 0.295 e. The van der Waals surface area contributed by atoms with Crippen molar-refractivity contribution in [1.82, 2.24) is 4.90 Å². The quantitative estimate of drug-likeness (QED) is 0.222. The van der Waals surface area contributed by atoms with E-state index in [1.54, 1.807) is 30.3 Å². The van der Waals surface area contributed by atoms with Crippen molar-refractivity contribution in [2.75, 3.05) is 26.2 Å². The molecule has 1 aliphatic rings. The fourth-order valence-electron chi connectivity index (χ4n) is 3.85. The van der Waals surface area contributed by atoms with Crippen molar-refractivity contribution >= 4 is 23.1 Å². The molecule has 1 amide bonds. The molecule has 1 heterocycles. The molecular weight excluding hydrogens is 398 g/mol. The number of hydrogen-bond donors (Lipinski definition) is 1. The lowest BCUT2D eigenvalue weighted by Crippen LogP contribution is -3.12. The summed E-state index contributed by atoms with van der Waals surface area (Å²) in [6.07, 6.45) is 0. The molecular formula is C23H25N3O5. The normalized spacial score (nSPS) is 18.0. The molecule has 2 aromatic rings. The van der Waals surface area contributed by atoms with Gasteiger partial charge in [0.1, 0.15) is 0 Å². The molecule has 0 radical (unpaired) electrons. The molecule has 3 rings (SSSR count). The Morgan fingerprint density at radius 3 is 2.19 bits per heavy atom. The third-order valence-corrected chi connectivity index (χ3v) is 5.69. The van der Waals surface area contributed by atoms with Crippen LogP contribution in [0.25, 0.3) is 5.76 Å². The minimum Gasteiger partial charge on any atom is -0.872 e. The molecule has 2 aromatic carbocycles. The maximum Gasteiger partial charge on any atom is 0.295 e. The van der Waals surface area contributed by atoms with E-state index < -0.39 is 28.4 Å². The summed E-state index contributed by atoms with van der Waals surface area (Å²) in [5, 5.41) is 24.2. The van der Waals surface area contributed by atoms with Gasteiger partial charge in [0.15, 0.2) is 0 Å². The Morgan fingerprint density at radius 1 is 1.03 bits per heavy atom. The van der Waals surface area contributed by atoms with Crippen molar-refractivity contribution in [3.05, 3.63) is 81.4 Å². The first-order chi connectivity index (χ1) is 14.9. The van der Waals surface area contributed by atoms with Crippen LogP contribution in [-0.2, 0) is 9.59 Å². The van der Waals surface area contributed by atoms with E-state index >= 15 is 0 Å². The van der Waals surface area contributed by atoms with E-state index in [0.29, 0.717) is 24.2 Å². The Labute approximate surface area is 180 Å². The Kier molecular flexibility index (Phi) is 6.81. The van der Waals surface area contributed by atoms with Crippen molar-refractivity contribution in [3.63, 3.8) is 0 Å². The minimum absolute atomic E-state index is 0.102.